The lowest BCUT2D eigenvalue weighted by atomic mass is 9.94. The summed E-state index contributed by atoms with van der Waals surface area (Å²) in [5, 5.41) is 15.0. The Hall–Kier alpha value is -2.44. The maximum atomic E-state index is 13.2. The number of nitro benzene ring substituents is 1. The lowest BCUT2D eigenvalue weighted by molar-refractivity contribution is -0.384. The SMILES string of the molecule is O=C(N/N=C\c1cccc([N+](=O)[O-])c1)[C@H]1O[C@H]2OC3(CCCCC3)O[C@@H]2[C@H]2OC3(CCCCC3)O[C@H]21. The van der Waals surface area contributed by atoms with Crippen LogP contribution in [0.15, 0.2) is 29.4 Å². The second-order valence-corrected chi connectivity index (χ2v) is 10.3. The first-order valence-corrected chi connectivity index (χ1v) is 12.9. The highest BCUT2D eigenvalue weighted by Gasteiger charge is 2.65. The van der Waals surface area contributed by atoms with Gasteiger partial charge in [-0.25, -0.2) is 5.43 Å². The Labute approximate surface area is 208 Å². The Kier molecular flexibility index (Phi) is 6.29. The Balaban J connectivity index is 1.20. The number of nitro groups is 1. The number of non-ortho nitro benzene ring substituents is 1. The fourth-order valence-electron chi connectivity index (χ4n) is 6.12. The van der Waals surface area contributed by atoms with Crippen molar-refractivity contribution in [1.82, 2.24) is 5.43 Å². The molecular formula is C25H31N3O8. The van der Waals surface area contributed by atoms with Crippen LogP contribution in [0.4, 0.5) is 5.69 Å². The van der Waals surface area contributed by atoms with Crippen LogP contribution in [0.5, 0.6) is 0 Å². The fourth-order valence-corrected chi connectivity index (χ4v) is 6.12. The van der Waals surface area contributed by atoms with Crippen LogP contribution in [-0.4, -0.2) is 59.3 Å². The lowest BCUT2D eigenvalue weighted by Crippen LogP contribution is -2.59. The second-order valence-electron chi connectivity index (χ2n) is 10.3. The number of benzene rings is 1. The summed E-state index contributed by atoms with van der Waals surface area (Å²) in [5.74, 6) is -1.92. The molecule has 5 atom stereocenters. The zero-order valence-electron chi connectivity index (χ0n) is 20.0. The fraction of sp³-hybridized carbons (Fsp3) is 0.680. The van der Waals surface area contributed by atoms with Gasteiger partial charge in [-0.2, -0.15) is 5.10 Å². The van der Waals surface area contributed by atoms with Crippen LogP contribution in [0, 0.1) is 10.1 Å². The first-order valence-electron chi connectivity index (χ1n) is 12.9. The van der Waals surface area contributed by atoms with E-state index in [1.165, 1.54) is 18.3 Å². The van der Waals surface area contributed by atoms with Crippen molar-refractivity contribution in [3.63, 3.8) is 0 Å². The molecule has 6 rings (SSSR count). The molecule has 0 unspecified atom stereocenters. The number of fused-ring (bicyclic) bond motifs is 3. The smallest absolute Gasteiger partial charge is 0.272 e. The molecule has 11 nitrogen and oxygen atoms in total. The third kappa shape index (κ3) is 4.43. The van der Waals surface area contributed by atoms with E-state index in [1.807, 2.05) is 0 Å². The first-order chi connectivity index (χ1) is 17.5. The number of hydrogen-bond acceptors (Lipinski definition) is 9. The largest absolute Gasteiger partial charge is 0.341 e. The van der Waals surface area contributed by atoms with E-state index < -0.39 is 53.1 Å². The molecule has 1 N–H and O–H groups in total. The van der Waals surface area contributed by atoms with Crippen LogP contribution in [0.2, 0.25) is 0 Å². The van der Waals surface area contributed by atoms with E-state index in [0.717, 1.165) is 64.2 Å². The molecular weight excluding hydrogens is 470 g/mol. The van der Waals surface area contributed by atoms with Gasteiger partial charge in [0.05, 0.1) is 11.1 Å². The molecule has 5 aliphatic rings. The number of carbonyl (C=O) groups excluding carboxylic acids is 1. The highest BCUT2D eigenvalue weighted by molar-refractivity contribution is 5.85. The van der Waals surface area contributed by atoms with Crippen molar-refractivity contribution in [3.05, 3.63) is 39.9 Å². The summed E-state index contributed by atoms with van der Waals surface area (Å²) in [4.78, 5) is 23.8. The van der Waals surface area contributed by atoms with E-state index in [4.69, 9.17) is 23.7 Å². The molecule has 0 radical (unpaired) electrons. The molecule has 3 saturated heterocycles. The van der Waals surface area contributed by atoms with Crippen LogP contribution in [0.1, 0.15) is 69.8 Å². The summed E-state index contributed by atoms with van der Waals surface area (Å²) in [7, 11) is 0. The van der Waals surface area contributed by atoms with Crippen LogP contribution in [-0.2, 0) is 28.5 Å². The van der Waals surface area contributed by atoms with E-state index in [9.17, 15) is 14.9 Å². The van der Waals surface area contributed by atoms with E-state index >= 15 is 0 Å². The van der Waals surface area contributed by atoms with Crippen LogP contribution >= 0.6 is 0 Å². The van der Waals surface area contributed by atoms with Gasteiger partial charge in [0.15, 0.2) is 24.0 Å². The minimum atomic E-state index is -0.998. The van der Waals surface area contributed by atoms with Crippen LogP contribution in [0.25, 0.3) is 0 Å². The van der Waals surface area contributed by atoms with Gasteiger partial charge in [0, 0.05) is 43.4 Å². The van der Waals surface area contributed by atoms with Crippen LogP contribution < -0.4 is 5.43 Å². The molecule has 11 heteroatoms. The molecule has 36 heavy (non-hydrogen) atoms. The number of nitrogens with one attached hydrogen (secondary N) is 1. The third-order valence-corrected chi connectivity index (χ3v) is 7.84. The van der Waals surface area contributed by atoms with Crippen LogP contribution in [0.3, 0.4) is 0 Å². The Morgan fingerprint density at radius 2 is 1.58 bits per heavy atom. The standard InChI is InChI=1S/C25H31N3O8/c29-22(27-26-15-16-8-7-9-17(14-16)28(30)31)20-18-19(34-24(33-18)10-3-1-4-11-24)21-23(32-20)36-25(35-21)12-5-2-6-13-25/h7-9,14-15,18-21,23H,1-6,10-13H2,(H,27,29)/b26-15-/t18-,19+,20+,21-,23+/m1/s1. The predicted molar refractivity (Wildman–Crippen MR) is 125 cm³/mol. The monoisotopic (exact) mass is 501 g/mol. The zero-order valence-corrected chi connectivity index (χ0v) is 20.0. The van der Waals surface area contributed by atoms with Gasteiger partial charge in [0.1, 0.15) is 18.3 Å². The molecule has 0 bridgehead atoms. The summed E-state index contributed by atoms with van der Waals surface area (Å²) in [6, 6.07) is 5.99. The number of carbonyl (C=O) groups is 1. The summed E-state index contributed by atoms with van der Waals surface area (Å²) < 4.78 is 31.9. The summed E-state index contributed by atoms with van der Waals surface area (Å²) >= 11 is 0. The Bertz CT molecular complexity index is 1040. The molecule has 3 aliphatic heterocycles. The molecule has 2 saturated carbocycles. The molecule has 5 fully saturated rings. The van der Waals surface area contributed by atoms with Crippen molar-refractivity contribution >= 4 is 17.8 Å². The maximum absolute atomic E-state index is 13.2. The van der Waals surface area contributed by atoms with E-state index in [1.54, 1.807) is 12.1 Å². The van der Waals surface area contributed by atoms with E-state index in [-0.39, 0.29) is 5.69 Å². The Morgan fingerprint density at radius 1 is 0.944 bits per heavy atom. The average molecular weight is 502 g/mol. The minimum absolute atomic E-state index is 0.0564. The van der Waals surface area contributed by atoms with Gasteiger partial charge in [-0.05, 0) is 25.7 Å². The van der Waals surface area contributed by atoms with Gasteiger partial charge >= 0.3 is 0 Å². The van der Waals surface area contributed by atoms with Crippen molar-refractivity contribution in [2.75, 3.05) is 0 Å². The minimum Gasteiger partial charge on any atom is -0.341 e. The number of rotatable bonds is 4. The van der Waals surface area contributed by atoms with Gasteiger partial charge in [-0.3, -0.25) is 14.9 Å². The number of hydrazone groups is 1. The molecule has 2 aliphatic carbocycles. The first kappa shape index (κ1) is 23.9. The van der Waals surface area contributed by atoms with Gasteiger partial charge in [-0.1, -0.05) is 25.0 Å². The highest BCUT2D eigenvalue weighted by Crippen LogP contribution is 2.50. The van der Waals surface area contributed by atoms with Gasteiger partial charge in [0.25, 0.3) is 11.6 Å². The van der Waals surface area contributed by atoms with Gasteiger partial charge in [0.2, 0.25) is 0 Å². The highest BCUT2D eigenvalue weighted by atomic mass is 16.9. The molecule has 1 aromatic rings. The van der Waals surface area contributed by atoms with Crippen molar-refractivity contribution in [1.29, 1.82) is 0 Å². The number of amides is 1. The molecule has 1 amide bonds. The number of nitrogens with zero attached hydrogens (tertiary/aromatic N) is 2. The molecule has 3 heterocycles. The third-order valence-electron chi connectivity index (χ3n) is 7.84. The number of ether oxygens (including phenoxy) is 5. The quantitative estimate of drug-likeness (QED) is 0.378. The van der Waals surface area contributed by atoms with Crippen molar-refractivity contribution in [2.45, 2.75) is 106 Å². The van der Waals surface area contributed by atoms with Gasteiger partial charge in [-0.15, -0.1) is 0 Å². The van der Waals surface area contributed by atoms with Crippen molar-refractivity contribution in [3.8, 4) is 0 Å². The molecule has 2 spiro atoms. The second kappa shape index (κ2) is 9.46. The average Bonchev–Trinajstić information content (AvgIpc) is 3.42. The summed E-state index contributed by atoms with van der Waals surface area (Å²) in [6.07, 6.45) is 7.44. The summed E-state index contributed by atoms with van der Waals surface area (Å²) in [5.41, 5.74) is 2.94. The number of hydrogen-bond donors (Lipinski definition) is 1. The van der Waals surface area contributed by atoms with Crippen molar-refractivity contribution in [2.24, 2.45) is 5.10 Å². The van der Waals surface area contributed by atoms with Gasteiger partial charge < -0.3 is 23.7 Å². The lowest BCUT2D eigenvalue weighted by Gasteiger charge is -2.36. The van der Waals surface area contributed by atoms with E-state index in [2.05, 4.69) is 10.5 Å². The summed E-state index contributed by atoms with van der Waals surface area (Å²) in [6.45, 7) is 0. The van der Waals surface area contributed by atoms with Crippen molar-refractivity contribution < 1.29 is 33.4 Å². The predicted octanol–water partition coefficient (Wildman–Crippen LogP) is 3.29. The zero-order chi connectivity index (χ0) is 24.8. The molecule has 1 aromatic carbocycles. The Morgan fingerprint density at radius 3 is 2.28 bits per heavy atom. The molecule has 0 aromatic heterocycles. The maximum Gasteiger partial charge on any atom is 0.272 e. The van der Waals surface area contributed by atoms with E-state index in [0.29, 0.717) is 5.56 Å². The normalized spacial score (nSPS) is 34.5. The topological polar surface area (TPSA) is 131 Å². The molecule has 194 valence electrons.